The Kier molecular flexibility index (Phi) is 6.11. The average molecular weight is 153 g/mol. The molecule has 0 heterocycles. The minimum Gasteiger partial charge on any atom is -0.759 e. The van der Waals surface area contributed by atoms with Crippen LogP contribution in [0.1, 0.15) is 13.3 Å². The predicted octanol–water partition coefficient (Wildman–Crippen LogP) is -0.784. The Morgan fingerprint density at radius 2 is 2.44 bits per heavy atom. The Bertz CT molecular complexity index is 89.1. The quantitative estimate of drug-likeness (QED) is 0.308. The van der Waals surface area contributed by atoms with Crippen molar-refractivity contribution >= 4 is 11.3 Å². The van der Waals surface area contributed by atoms with Gasteiger partial charge < -0.3 is 4.55 Å². The second-order valence-corrected chi connectivity index (χ2v) is 1.96. The molecule has 0 radical (unpaired) electrons. The van der Waals surface area contributed by atoms with Crippen molar-refractivity contribution in [2.45, 2.75) is 13.3 Å². The summed E-state index contributed by atoms with van der Waals surface area (Å²) in [5.74, 6) is 0. The normalized spacial score (nSPS) is 13.6. The smallest absolute Gasteiger partial charge is 0.0696 e. The van der Waals surface area contributed by atoms with Gasteiger partial charge in [0.1, 0.15) is 0 Å². The highest BCUT2D eigenvalue weighted by Gasteiger charge is 1.80. The van der Waals surface area contributed by atoms with Crippen LogP contribution < -0.4 is 10.4 Å². The SMILES string of the molecule is CCCONNS(=O)[O-]. The first kappa shape index (κ1) is 8.99. The van der Waals surface area contributed by atoms with Crippen LogP contribution in [0.2, 0.25) is 0 Å². The second kappa shape index (κ2) is 6.12. The van der Waals surface area contributed by atoms with Crippen LogP contribution in [0.5, 0.6) is 0 Å². The number of nitrogens with one attached hydrogen (secondary N) is 2. The van der Waals surface area contributed by atoms with E-state index >= 15 is 0 Å². The van der Waals surface area contributed by atoms with Crippen molar-refractivity contribution in [2.24, 2.45) is 0 Å². The molecule has 0 saturated carbocycles. The van der Waals surface area contributed by atoms with Gasteiger partial charge in [-0.1, -0.05) is 6.92 Å². The van der Waals surface area contributed by atoms with Crippen LogP contribution in [0.15, 0.2) is 0 Å². The zero-order valence-electron chi connectivity index (χ0n) is 5.05. The van der Waals surface area contributed by atoms with Crippen molar-refractivity contribution in [2.75, 3.05) is 6.61 Å². The Hall–Kier alpha value is -0.0100. The Labute approximate surface area is 56.1 Å². The summed E-state index contributed by atoms with van der Waals surface area (Å²) in [4.78, 5) is 6.36. The molecule has 0 aromatic rings. The minimum atomic E-state index is -2.31. The van der Waals surface area contributed by atoms with Crippen LogP contribution >= 0.6 is 0 Å². The van der Waals surface area contributed by atoms with Gasteiger partial charge in [-0.25, -0.2) is 0 Å². The fraction of sp³-hybridized carbons (Fsp3) is 1.00. The molecule has 6 heteroatoms. The van der Waals surface area contributed by atoms with E-state index in [-0.39, 0.29) is 0 Å². The van der Waals surface area contributed by atoms with Gasteiger partial charge in [0.2, 0.25) is 0 Å². The lowest BCUT2D eigenvalue weighted by Gasteiger charge is -2.07. The van der Waals surface area contributed by atoms with Crippen molar-refractivity contribution in [3.05, 3.63) is 0 Å². The molecule has 2 N–H and O–H groups in total. The van der Waals surface area contributed by atoms with Gasteiger partial charge in [-0.05, 0) is 6.42 Å². The third kappa shape index (κ3) is 7.99. The van der Waals surface area contributed by atoms with E-state index in [0.29, 0.717) is 6.61 Å². The lowest BCUT2D eigenvalue weighted by atomic mass is 10.5. The summed E-state index contributed by atoms with van der Waals surface area (Å²) < 4.78 is 19.4. The molecule has 1 unspecified atom stereocenters. The molecule has 0 saturated heterocycles. The van der Waals surface area contributed by atoms with Crippen LogP contribution in [-0.2, 0) is 16.1 Å². The van der Waals surface area contributed by atoms with E-state index in [1.54, 1.807) is 0 Å². The van der Waals surface area contributed by atoms with Gasteiger partial charge in [0.25, 0.3) is 0 Å². The molecule has 0 aliphatic rings. The van der Waals surface area contributed by atoms with Crippen molar-refractivity contribution < 1.29 is 13.6 Å². The van der Waals surface area contributed by atoms with Gasteiger partial charge >= 0.3 is 0 Å². The standard InChI is InChI=1S/C3H10N2O3S/c1-2-3-8-4-5-9(6)7/h4-5H,2-3H2,1H3,(H,6,7)/p-1. The van der Waals surface area contributed by atoms with Crippen molar-refractivity contribution in [3.63, 3.8) is 0 Å². The maximum atomic E-state index is 9.71. The first-order valence-electron chi connectivity index (χ1n) is 2.49. The van der Waals surface area contributed by atoms with Gasteiger partial charge in [0, 0.05) is 11.3 Å². The Balaban J connectivity index is 2.83. The molecule has 0 aliphatic carbocycles. The molecule has 0 aromatic heterocycles. The summed E-state index contributed by atoms with van der Waals surface area (Å²) in [5, 5.41) is 0. The maximum absolute atomic E-state index is 9.71. The monoisotopic (exact) mass is 153 g/mol. The predicted molar refractivity (Wildman–Crippen MR) is 31.4 cm³/mol. The summed E-state index contributed by atoms with van der Waals surface area (Å²) in [6, 6.07) is 0. The van der Waals surface area contributed by atoms with Crippen molar-refractivity contribution in [3.8, 4) is 0 Å². The average Bonchev–Trinajstić information content (AvgIpc) is 1.80. The molecule has 0 bridgehead atoms. The molecule has 5 nitrogen and oxygen atoms in total. The van der Waals surface area contributed by atoms with E-state index in [1.807, 2.05) is 17.3 Å². The third-order valence-corrected chi connectivity index (χ3v) is 0.753. The Morgan fingerprint density at radius 3 is 2.89 bits per heavy atom. The second-order valence-electron chi connectivity index (χ2n) is 1.29. The summed E-state index contributed by atoms with van der Waals surface area (Å²) in [7, 11) is 0. The summed E-state index contributed by atoms with van der Waals surface area (Å²) >= 11 is -2.31. The number of hydrazine groups is 1. The zero-order valence-corrected chi connectivity index (χ0v) is 5.86. The minimum absolute atomic E-state index is 0.476. The van der Waals surface area contributed by atoms with Gasteiger partial charge in [0.15, 0.2) is 0 Å². The van der Waals surface area contributed by atoms with Crippen LogP contribution in [0, 0.1) is 0 Å². The first-order valence-corrected chi connectivity index (χ1v) is 3.56. The number of hydrogen-bond acceptors (Lipinski definition) is 4. The largest absolute Gasteiger partial charge is 0.759 e. The summed E-state index contributed by atoms with van der Waals surface area (Å²) in [6.45, 7) is 2.39. The lowest BCUT2D eigenvalue weighted by molar-refractivity contribution is 0.0282. The fourth-order valence-electron chi connectivity index (χ4n) is 0.217. The number of rotatable bonds is 5. The van der Waals surface area contributed by atoms with E-state index in [4.69, 9.17) is 0 Å². The summed E-state index contributed by atoms with van der Waals surface area (Å²) in [6.07, 6.45) is 0.834. The van der Waals surface area contributed by atoms with Crippen molar-refractivity contribution in [1.82, 2.24) is 10.4 Å². The highest BCUT2D eigenvalue weighted by molar-refractivity contribution is 7.76. The van der Waals surface area contributed by atoms with Gasteiger partial charge in [0.05, 0.1) is 6.61 Å². The lowest BCUT2D eigenvalue weighted by Crippen LogP contribution is -2.33. The van der Waals surface area contributed by atoms with E-state index in [1.165, 1.54) is 0 Å². The number of hydrogen-bond donors (Lipinski definition) is 2. The van der Waals surface area contributed by atoms with Crippen LogP contribution in [0.4, 0.5) is 0 Å². The van der Waals surface area contributed by atoms with E-state index in [2.05, 4.69) is 4.84 Å². The van der Waals surface area contributed by atoms with E-state index in [9.17, 15) is 8.76 Å². The molecule has 0 amide bonds. The van der Waals surface area contributed by atoms with E-state index < -0.39 is 11.3 Å². The topological polar surface area (TPSA) is 73.4 Å². The maximum Gasteiger partial charge on any atom is 0.0696 e. The molecule has 9 heavy (non-hydrogen) atoms. The van der Waals surface area contributed by atoms with Gasteiger partial charge in [-0.2, -0.15) is 4.83 Å². The molecular weight excluding hydrogens is 144 g/mol. The Morgan fingerprint density at radius 1 is 1.78 bits per heavy atom. The van der Waals surface area contributed by atoms with Gasteiger partial charge in [-0.3, -0.25) is 9.05 Å². The third-order valence-electron chi connectivity index (χ3n) is 0.503. The molecule has 56 valence electrons. The molecule has 0 spiro atoms. The molecular formula is C3H9N2O3S-. The van der Waals surface area contributed by atoms with Gasteiger partial charge in [-0.15, -0.1) is 5.59 Å². The molecule has 0 aliphatic heterocycles. The summed E-state index contributed by atoms with van der Waals surface area (Å²) in [5.41, 5.74) is 2.02. The van der Waals surface area contributed by atoms with Crippen LogP contribution in [-0.4, -0.2) is 15.4 Å². The van der Waals surface area contributed by atoms with Crippen LogP contribution in [0.25, 0.3) is 0 Å². The zero-order chi connectivity index (χ0) is 7.11. The van der Waals surface area contributed by atoms with Crippen molar-refractivity contribution in [1.29, 1.82) is 0 Å². The molecule has 0 fully saturated rings. The molecule has 1 atom stereocenters. The first-order chi connectivity index (χ1) is 4.27. The fourth-order valence-corrected chi connectivity index (χ4v) is 0.344. The van der Waals surface area contributed by atoms with Crippen LogP contribution in [0.3, 0.4) is 0 Å². The van der Waals surface area contributed by atoms with E-state index in [0.717, 1.165) is 6.42 Å². The highest BCUT2D eigenvalue weighted by atomic mass is 32.2. The molecule has 0 aromatic carbocycles. The highest BCUT2D eigenvalue weighted by Crippen LogP contribution is 1.72. The molecule has 0 rings (SSSR count).